The van der Waals surface area contributed by atoms with Gasteiger partial charge in [0.2, 0.25) is 0 Å². The Labute approximate surface area is 102 Å². The molecule has 90 valence electrons. The van der Waals surface area contributed by atoms with Gasteiger partial charge in [-0.1, -0.05) is 6.07 Å². The number of rotatable bonds is 3. The largest absolute Gasteiger partial charge is 0.326 e. The van der Waals surface area contributed by atoms with E-state index in [1.807, 2.05) is 0 Å². The molecule has 1 saturated carbocycles. The maximum absolute atomic E-state index is 5.72. The molecule has 0 spiro atoms. The van der Waals surface area contributed by atoms with Crippen molar-refractivity contribution in [1.82, 2.24) is 9.55 Å². The van der Waals surface area contributed by atoms with Crippen LogP contribution in [0, 0.1) is 0 Å². The zero-order chi connectivity index (χ0) is 12.0. The van der Waals surface area contributed by atoms with Crippen LogP contribution in [0.25, 0.3) is 11.0 Å². The molecule has 3 rings (SSSR count). The van der Waals surface area contributed by atoms with Crippen LogP contribution < -0.4 is 5.73 Å². The molecule has 1 fully saturated rings. The van der Waals surface area contributed by atoms with Gasteiger partial charge in [0.1, 0.15) is 5.82 Å². The van der Waals surface area contributed by atoms with Crippen LogP contribution in [0.5, 0.6) is 0 Å². The summed E-state index contributed by atoms with van der Waals surface area (Å²) in [5.41, 5.74) is 9.25. The fourth-order valence-corrected chi connectivity index (χ4v) is 2.46. The summed E-state index contributed by atoms with van der Waals surface area (Å²) in [7, 11) is 0. The predicted octanol–water partition coefficient (Wildman–Crippen LogP) is 2.95. The fraction of sp³-hybridized carbons (Fsp3) is 0.500. The van der Waals surface area contributed by atoms with E-state index in [-0.39, 0.29) is 0 Å². The molecular formula is C14H19N3. The van der Waals surface area contributed by atoms with Crippen LogP contribution in [-0.2, 0) is 6.54 Å². The number of aromatic nitrogens is 2. The Balaban J connectivity index is 2.24. The third-order valence-electron chi connectivity index (χ3n) is 3.48. The van der Waals surface area contributed by atoms with Crippen LogP contribution in [0.4, 0.5) is 0 Å². The lowest BCUT2D eigenvalue weighted by Crippen LogP contribution is -2.05. The molecule has 2 aromatic rings. The molecule has 1 aliphatic carbocycles. The van der Waals surface area contributed by atoms with Gasteiger partial charge in [0.15, 0.2) is 0 Å². The summed E-state index contributed by atoms with van der Waals surface area (Å²) in [6, 6.07) is 6.83. The van der Waals surface area contributed by atoms with Gasteiger partial charge in [0, 0.05) is 18.5 Å². The van der Waals surface area contributed by atoms with Gasteiger partial charge in [-0.05, 0) is 44.4 Å². The highest BCUT2D eigenvalue weighted by atomic mass is 15.1. The van der Waals surface area contributed by atoms with Crippen LogP contribution in [-0.4, -0.2) is 9.55 Å². The lowest BCUT2D eigenvalue weighted by atomic mass is 10.2. The second-order valence-electron chi connectivity index (χ2n) is 5.24. The molecule has 0 saturated heterocycles. The fourth-order valence-electron chi connectivity index (χ4n) is 2.46. The van der Waals surface area contributed by atoms with E-state index >= 15 is 0 Å². The third kappa shape index (κ3) is 1.75. The van der Waals surface area contributed by atoms with Gasteiger partial charge in [0.25, 0.3) is 0 Å². The summed E-state index contributed by atoms with van der Waals surface area (Å²) in [6.45, 7) is 5.04. The molecule has 3 heteroatoms. The number of hydrogen-bond acceptors (Lipinski definition) is 2. The van der Waals surface area contributed by atoms with Crippen LogP contribution in [0.2, 0.25) is 0 Å². The maximum Gasteiger partial charge on any atom is 0.113 e. The van der Waals surface area contributed by atoms with Crippen LogP contribution >= 0.6 is 0 Å². The topological polar surface area (TPSA) is 43.8 Å². The quantitative estimate of drug-likeness (QED) is 0.879. The molecule has 0 radical (unpaired) electrons. The van der Waals surface area contributed by atoms with E-state index in [9.17, 15) is 0 Å². The van der Waals surface area contributed by atoms with Crippen LogP contribution in [0.1, 0.15) is 50.0 Å². The first-order valence-corrected chi connectivity index (χ1v) is 6.41. The average molecular weight is 229 g/mol. The zero-order valence-corrected chi connectivity index (χ0v) is 10.5. The van der Waals surface area contributed by atoms with Crippen molar-refractivity contribution in [3.63, 3.8) is 0 Å². The van der Waals surface area contributed by atoms with Crippen molar-refractivity contribution < 1.29 is 0 Å². The Morgan fingerprint density at radius 2 is 2.18 bits per heavy atom. The van der Waals surface area contributed by atoms with Gasteiger partial charge in [-0.3, -0.25) is 0 Å². The minimum Gasteiger partial charge on any atom is -0.326 e. The van der Waals surface area contributed by atoms with E-state index in [2.05, 4.69) is 36.6 Å². The van der Waals surface area contributed by atoms with Crippen molar-refractivity contribution in [2.75, 3.05) is 0 Å². The smallest absolute Gasteiger partial charge is 0.113 e. The number of benzene rings is 1. The normalized spacial score (nSPS) is 16.0. The average Bonchev–Trinajstić information content (AvgIpc) is 3.08. The molecule has 0 amide bonds. The maximum atomic E-state index is 5.72. The molecule has 1 aromatic carbocycles. The highest BCUT2D eigenvalue weighted by Crippen LogP contribution is 2.41. The summed E-state index contributed by atoms with van der Waals surface area (Å²) in [4.78, 5) is 4.79. The van der Waals surface area contributed by atoms with Gasteiger partial charge in [-0.15, -0.1) is 0 Å². The van der Waals surface area contributed by atoms with Gasteiger partial charge in [-0.2, -0.15) is 0 Å². The molecule has 0 bridgehead atoms. The van der Waals surface area contributed by atoms with Crippen molar-refractivity contribution in [2.24, 2.45) is 5.73 Å². The number of fused-ring (bicyclic) bond motifs is 1. The van der Waals surface area contributed by atoms with Crippen LogP contribution in [0.3, 0.4) is 0 Å². The first kappa shape index (κ1) is 10.8. The van der Waals surface area contributed by atoms with Crippen molar-refractivity contribution in [3.8, 4) is 0 Å². The highest BCUT2D eigenvalue weighted by Gasteiger charge is 2.30. The highest BCUT2D eigenvalue weighted by molar-refractivity contribution is 5.77. The monoisotopic (exact) mass is 229 g/mol. The van der Waals surface area contributed by atoms with E-state index in [0.717, 1.165) is 5.52 Å². The minimum atomic E-state index is 0.462. The van der Waals surface area contributed by atoms with Gasteiger partial charge >= 0.3 is 0 Å². The van der Waals surface area contributed by atoms with Crippen molar-refractivity contribution in [3.05, 3.63) is 29.6 Å². The van der Waals surface area contributed by atoms with E-state index in [0.29, 0.717) is 18.5 Å². The zero-order valence-electron chi connectivity index (χ0n) is 10.5. The van der Waals surface area contributed by atoms with E-state index in [1.54, 1.807) is 0 Å². The Hall–Kier alpha value is -1.35. The standard InChI is InChI=1S/C14H19N3/c1-9(2)17-13-7-10(8-15)3-6-12(13)16-14(17)11-4-5-11/h3,6-7,9,11H,4-5,8,15H2,1-2H3. The van der Waals surface area contributed by atoms with Gasteiger partial charge < -0.3 is 10.3 Å². The molecule has 17 heavy (non-hydrogen) atoms. The molecule has 0 unspecified atom stereocenters. The second kappa shape index (κ2) is 3.84. The second-order valence-corrected chi connectivity index (χ2v) is 5.24. The molecule has 2 N–H and O–H groups in total. The lowest BCUT2D eigenvalue weighted by molar-refractivity contribution is 0.585. The summed E-state index contributed by atoms with van der Waals surface area (Å²) in [5.74, 6) is 1.95. The number of nitrogens with two attached hydrogens (primary N) is 1. The first-order valence-electron chi connectivity index (χ1n) is 6.41. The number of imidazole rings is 1. The minimum absolute atomic E-state index is 0.462. The number of hydrogen-bond donors (Lipinski definition) is 1. The van der Waals surface area contributed by atoms with Crippen LogP contribution in [0.15, 0.2) is 18.2 Å². The third-order valence-corrected chi connectivity index (χ3v) is 3.48. The molecule has 3 nitrogen and oxygen atoms in total. The van der Waals surface area contributed by atoms with Gasteiger partial charge in [-0.25, -0.2) is 4.98 Å². The summed E-state index contributed by atoms with van der Waals surface area (Å²) >= 11 is 0. The lowest BCUT2D eigenvalue weighted by Gasteiger charge is -2.12. The predicted molar refractivity (Wildman–Crippen MR) is 70.0 cm³/mol. The van der Waals surface area contributed by atoms with Crippen molar-refractivity contribution >= 4 is 11.0 Å². The summed E-state index contributed by atoms with van der Waals surface area (Å²) in [6.07, 6.45) is 2.58. The van der Waals surface area contributed by atoms with Gasteiger partial charge in [0.05, 0.1) is 11.0 Å². The van der Waals surface area contributed by atoms with E-state index in [4.69, 9.17) is 10.7 Å². The van der Waals surface area contributed by atoms with E-state index in [1.165, 1.54) is 29.7 Å². The summed E-state index contributed by atoms with van der Waals surface area (Å²) < 4.78 is 2.38. The van der Waals surface area contributed by atoms with Crippen molar-refractivity contribution in [2.45, 2.75) is 45.2 Å². The Morgan fingerprint density at radius 1 is 1.41 bits per heavy atom. The molecule has 1 heterocycles. The first-order chi connectivity index (χ1) is 8.20. The SMILES string of the molecule is CC(C)n1c(C2CC2)nc2ccc(CN)cc21. The molecule has 0 atom stereocenters. The molecule has 1 aromatic heterocycles. The number of nitrogens with zero attached hydrogens (tertiary/aromatic N) is 2. The molecular weight excluding hydrogens is 210 g/mol. The van der Waals surface area contributed by atoms with E-state index < -0.39 is 0 Å². The summed E-state index contributed by atoms with van der Waals surface area (Å²) in [5, 5.41) is 0. The Morgan fingerprint density at radius 3 is 2.76 bits per heavy atom. The molecule has 0 aliphatic heterocycles. The Kier molecular flexibility index (Phi) is 2.44. The molecule has 1 aliphatic rings. The van der Waals surface area contributed by atoms with Crippen molar-refractivity contribution in [1.29, 1.82) is 0 Å². The Bertz CT molecular complexity index is 550.